The third-order valence-corrected chi connectivity index (χ3v) is 3.95. The SMILES string of the molecule is CCOC(=O)[C@H]1CCC[NH+](CCOc2ccc(C#N)cc2)C1. The zero-order valence-electron chi connectivity index (χ0n) is 13.0. The maximum atomic E-state index is 11.8. The summed E-state index contributed by atoms with van der Waals surface area (Å²) >= 11 is 0. The second kappa shape index (κ2) is 8.40. The lowest BCUT2D eigenvalue weighted by molar-refractivity contribution is -0.907. The summed E-state index contributed by atoms with van der Waals surface area (Å²) in [6, 6.07) is 9.21. The van der Waals surface area contributed by atoms with E-state index in [-0.39, 0.29) is 11.9 Å². The molecule has 0 radical (unpaired) electrons. The Balaban J connectivity index is 1.74. The summed E-state index contributed by atoms with van der Waals surface area (Å²) in [7, 11) is 0. The van der Waals surface area contributed by atoms with Crippen molar-refractivity contribution in [3.8, 4) is 11.8 Å². The fourth-order valence-electron chi connectivity index (χ4n) is 2.78. The Hall–Kier alpha value is -2.06. The molecular formula is C17H23N2O3+. The number of quaternary nitrogens is 1. The first kappa shape index (κ1) is 16.3. The highest BCUT2D eigenvalue weighted by Crippen LogP contribution is 2.11. The standard InChI is InChI=1S/C17H22N2O3/c1-2-21-17(20)15-4-3-9-19(13-15)10-11-22-16-7-5-14(12-18)6-8-16/h5-8,15H,2-4,9-11,13H2,1H3/p+1/t15-/m0/s1. The Morgan fingerprint density at radius 3 is 2.86 bits per heavy atom. The number of ether oxygens (including phenoxy) is 2. The molecule has 0 amide bonds. The van der Waals surface area contributed by atoms with E-state index in [9.17, 15) is 4.79 Å². The second-order valence-corrected chi connectivity index (χ2v) is 5.53. The van der Waals surface area contributed by atoms with Gasteiger partial charge in [0, 0.05) is 0 Å². The third kappa shape index (κ3) is 4.74. The average molecular weight is 303 g/mol. The fraction of sp³-hybridized carbons (Fsp3) is 0.529. The van der Waals surface area contributed by atoms with Crippen molar-refractivity contribution in [2.75, 3.05) is 32.8 Å². The van der Waals surface area contributed by atoms with Crippen molar-refractivity contribution in [3.05, 3.63) is 29.8 Å². The van der Waals surface area contributed by atoms with Gasteiger partial charge in [-0.3, -0.25) is 4.79 Å². The number of hydrogen-bond acceptors (Lipinski definition) is 4. The summed E-state index contributed by atoms with van der Waals surface area (Å²) in [5.41, 5.74) is 0.631. The van der Waals surface area contributed by atoms with Gasteiger partial charge < -0.3 is 14.4 Å². The van der Waals surface area contributed by atoms with Gasteiger partial charge in [0.25, 0.3) is 0 Å². The number of hydrogen-bond donors (Lipinski definition) is 1. The van der Waals surface area contributed by atoms with E-state index in [1.165, 1.54) is 4.90 Å². The molecule has 1 aliphatic heterocycles. The van der Waals surface area contributed by atoms with Gasteiger partial charge in [-0.2, -0.15) is 5.26 Å². The van der Waals surface area contributed by atoms with Crippen LogP contribution in [-0.4, -0.2) is 38.8 Å². The fourth-order valence-corrected chi connectivity index (χ4v) is 2.78. The lowest BCUT2D eigenvalue weighted by Gasteiger charge is -2.28. The smallest absolute Gasteiger partial charge is 0.314 e. The van der Waals surface area contributed by atoms with E-state index in [4.69, 9.17) is 14.7 Å². The largest absolute Gasteiger partial charge is 0.488 e. The van der Waals surface area contributed by atoms with Gasteiger partial charge in [-0.15, -0.1) is 0 Å². The first-order valence-corrected chi connectivity index (χ1v) is 7.86. The number of nitriles is 1. The van der Waals surface area contributed by atoms with Crippen LogP contribution in [0.4, 0.5) is 0 Å². The molecule has 0 spiro atoms. The van der Waals surface area contributed by atoms with Crippen molar-refractivity contribution in [3.63, 3.8) is 0 Å². The maximum absolute atomic E-state index is 11.8. The minimum absolute atomic E-state index is 0.0265. The summed E-state index contributed by atoms with van der Waals surface area (Å²) in [6.07, 6.45) is 1.98. The molecule has 2 atom stereocenters. The molecule has 5 heteroatoms. The van der Waals surface area contributed by atoms with Gasteiger partial charge in [-0.05, 0) is 44.0 Å². The molecule has 1 N–H and O–H groups in total. The maximum Gasteiger partial charge on any atom is 0.314 e. The van der Waals surface area contributed by atoms with Crippen LogP contribution in [0, 0.1) is 17.2 Å². The molecule has 1 heterocycles. The van der Waals surface area contributed by atoms with E-state index in [1.807, 2.05) is 19.1 Å². The summed E-state index contributed by atoms with van der Waals surface area (Å²) in [5, 5.41) is 8.75. The molecular weight excluding hydrogens is 280 g/mol. The average Bonchev–Trinajstić information content (AvgIpc) is 2.56. The normalized spacial score (nSPS) is 20.9. The van der Waals surface area contributed by atoms with Gasteiger partial charge in [0.1, 0.15) is 24.8 Å². The van der Waals surface area contributed by atoms with Gasteiger partial charge in [0.05, 0.1) is 31.3 Å². The lowest BCUT2D eigenvalue weighted by Crippen LogP contribution is -3.14. The highest BCUT2D eigenvalue weighted by Gasteiger charge is 2.29. The minimum atomic E-state index is -0.0623. The molecule has 0 aromatic heterocycles. The van der Waals surface area contributed by atoms with Crippen molar-refractivity contribution in [2.45, 2.75) is 19.8 Å². The number of likely N-dealkylation sites (tertiary alicyclic amines) is 1. The van der Waals surface area contributed by atoms with Crippen LogP contribution in [0.2, 0.25) is 0 Å². The first-order valence-electron chi connectivity index (χ1n) is 7.86. The van der Waals surface area contributed by atoms with Crippen LogP contribution < -0.4 is 9.64 Å². The molecule has 2 rings (SSSR count). The van der Waals surface area contributed by atoms with Crippen molar-refractivity contribution in [1.82, 2.24) is 0 Å². The van der Waals surface area contributed by atoms with Crippen LogP contribution in [0.3, 0.4) is 0 Å². The van der Waals surface area contributed by atoms with Crippen LogP contribution in [0.25, 0.3) is 0 Å². The minimum Gasteiger partial charge on any atom is -0.488 e. The van der Waals surface area contributed by atoms with E-state index in [2.05, 4.69) is 6.07 Å². The number of piperidine rings is 1. The number of carbonyl (C=O) groups is 1. The van der Waals surface area contributed by atoms with E-state index in [0.29, 0.717) is 18.8 Å². The molecule has 1 saturated heterocycles. The first-order chi connectivity index (χ1) is 10.7. The van der Waals surface area contributed by atoms with E-state index in [1.54, 1.807) is 12.1 Å². The molecule has 1 aromatic carbocycles. The lowest BCUT2D eigenvalue weighted by atomic mass is 9.98. The Kier molecular flexibility index (Phi) is 6.23. The van der Waals surface area contributed by atoms with Gasteiger partial charge in [-0.1, -0.05) is 0 Å². The van der Waals surface area contributed by atoms with E-state index in [0.717, 1.165) is 38.2 Å². The molecule has 22 heavy (non-hydrogen) atoms. The Labute approximate surface area is 131 Å². The summed E-state index contributed by atoms with van der Waals surface area (Å²) in [5.74, 6) is 0.740. The number of esters is 1. The Bertz CT molecular complexity index is 522. The van der Waals surface area contributed by atoms with Crippen LogP contribution in [0.5, 0.6) is 5.75 Å². The number of carbonyl (C=O) groups excluding carboxylic acids is 1. The predicted molar refractivity (Wildman–Crippen MR) is 81.6 cm³/mol. The highest BCUT2D eigenvalue weighted by molar-refractivity contribution is 5.72. The van der Waals surface area contributed by atoms with Gasteiger partial charge in [0.2, 0.25) is 0 Å². The highest BCUT2D eigenvalue weighted by atomic mass is 16.5. The molecule has 0 saturated carbocycles. The Morgan fingerprint density at radius 2 is 2.18 bits per heavy atom. The van der Waals surface area contributed by atoms with Crippen molar-refractivity contribution in [1.29, 1.82) is 5.26 Å². The molecule has 0 aliphatic carbocycles. The van der Waals surface area contributed by atoms with Gasteiger partial charge in [0.15, 0.2) is 0 Å². The second-order valence-electron chi connectivity index (χ2n) is 5.53. The van der Waals surface area contributed by atoms with E-state index < -0.39 is 0 Å². The zero-order valence-corrected chi connectivity index (χ0v) is 13.0. The molecule has 118 valence electrons. The zero-order chi connectivity index (χ0) is 15.8. The predicted octanol–water partition coefficient (Wildman–Crippen LogP) is 0.795. The number of nitrogens with zero attached hydrogens (tertiary/aromatic N) is 1. The van der Waals surface area contributed by atoms with Crippen LogP contribution in [-0.2, 0) is 9.53 Å². The summed E-state index contributed by atoms with van der Waals surface area (Å²) in [4.78, 5) is 13.2. The molecule has 1 unspecified atom stereocenters. The van der Waals surface area contributed by atoms with Crippen molar-refractivity contribution >= 4 is 5.97 Å². The van der Waals surface area contributed by atoms with Crippen molar-refractivity contribution in [2.24, 2.45) is 5.92 Å². The third-order valence-electron chi connectivity index (χ3n) is 3.95. The molecule has 5 nitrogen and oxygen atoms in total. The van der Waals surface area contributed by atoms with Crippen molar-refractivity contribution < 1.29 is 19.2 Å². The Morgan fingerprint density at radius 1 is 1.41 bits per heavy atom. The molecule has 0 bridgehead atoms. The van der Waals surface area contributed by atoms with E-state index >= 15 is 0 Å². The van der Waals surface area contributed by atoms with Crippen LogP contribution in [0.1, 0.15) is 25.3 Å². The van der Waals surface area contributed by atoms with Gasteiger partial charge >= 0.3 is 5.97 Å². The number of nitrogens with one attached hydrogen (secondary N) is 1. The van der Waals surface area contributed by atoms with Gasteiger partial charge in [-0.25, -0.2) is 0 Å². The number of rotatable bonds is 6. The molecule has 1 aliphatic rings. The van der Waals surface area contributed by atoms with Crippen LogP contribution in [0.15, 0.2) is 24.3 Å². The monoisotopic (exact) mass is 303 g/mol. The topological polar surface area (TPSA) is 63.8 Å². The molecule has 1 fully saturated rings. The summed E-state index contributed by atoms with van der Waals surface area (Å²) < 4.78 is 10.8. The quantitative estimate of drug-likeness (QED) is 0.790. The molecule has 1 aromatic rings. The summed E-state index contributed by atoms with van der Waals surface area (Å²) in [6.45, 7) is 5.68. The number of benzene rings is 1. The van der Waals surface area contributed by atoms with Crippen LogP contribution >= 0.6 is 0 Å².